The molecule has 0 spiro atoms. The van der Waals surface area contributed by atoms with Gasteiger partial charge in [0.25, 0.3) is 0 Å². The number of carbonyl (C=O) groups is 3. The lowest BCUT2D eigenvalue weighted by molar-refractivity contribution is -0.139. The number of anilines is 1. The van der Waals surface area contributed by atoms with E-state index in [9.17, 15) is 14.4 Å². The Morgan fingerprint density at radius 3 is 2.35 bits per heavy atom. The lowest BCUT2D eigenvalue weighted by atomic mass is 9.73. The number of barbiturate groups is 1. The van der Waals surface area contributed by atoms with Gasteiger partial charge in [0.1, 0.15) is 0 Å². The van der Waals surface area contributed by atoms with Crippen LogP contribution >= 0.6 is 0 Å². The van der Waals surface area contributed by atoms with E-state index in [1.165, 1.54) is 0 Å². The van der Waals surface area contributed by atoms with E-state index in [-0.39, 0.29) is 0 Å². The number of hydrogen-bond acceptors (Lipinski definition) is 4. The first-order chi connectivity index (χ1) is 9.50. The number of urea groups is 1. The molecular weight excluding hydrogens is 258 g/mol. The van der Waals surface area contributed by atoms with E-state index >= 15 is 0 Å². The first kappa shape index (κ1) is 14.0. The van der Waals surface area contributed by atoms with Crippen molar-refractivity contribution in [2.45, 2.75) is 31.6 Å². The number of carbonyl (C=O) groups excluding carboxylic acids is 3. The molecule has 106 valence electrons. The summed E-state index contributed by atoms with van der Waals surface area (Å²) < 4.78 is 0. The average Bonchev–Trinajstić information content (AvgIpc) is 2.38. The van der Waals surface area contributed by atoms with Crippen LogP contribution in [-0.2, 0) is 15.0 Å². The molecule has 6 heteroatoms. The molecule has 0 saturated carbocycles. The minimum absolute atomic E-state index is 0.331. The van der Waals surface area contributed by atoms with Crippen LogP contribution in [0.2, 0.25) is 0 Å². The molecule has 4 amide bonds. The first-order valence-corrected chi connectivity index (χ1v) is 6.53. The minimum atomic E-state index is -1.39. The van der Waals surface area contributed by atoms with Gasteiger partial charge in [-0.1, -0.05) is 31.9 Å². The maximum absolute atomic E-state index is 12.3. The van der Waals surface area contributed by atoms with Crippen molar-refractivity contribution in [2.75, 3.05) is 5.73 Å². The van der Waals surface area contributed by atoms with E-state index in [0.717, 1.165) is 6.42 Å². The fourth-order valence-corrected chi connectivity index (χ4v) is 2.43. The molecule has 0 bridgehead atoms. The van der Waals surface area contributed by atoms with Gasteiger partial charge in [0.05, 0.1) is 0 Å². The summed E-state index contributed by atoms with van der Waals surface area (Å²) >= 11 is 0. The van der Waals surface area contributed by atoms with Crippen molar-refractivity contribution < 1.29 is 14.4 Å². The SMILES string of the molecule is CCCCC1(c2cccc(N)c2)C(=O)NC(=O)NC1=O. The van der Waals surface area contributed by atoms with Gasteiger partial charge in [0.2, 0.25) is 11.8 Å². The van der Waals surface area contributed by atoms with Gasteiger partial charge in [0.15, 0.2) is 5.41 Å². The fraction of sp³-hybridized carbons (Fsp3) is 0.357. The third-order valence-electron chi connectivity index (χ3n) is 3.51. The summed E-state index contributed by atoms with van der Waals surface area (Å²) in [5, 5.41) is 4.35. The number of benzene rings is 1. The molecule has 2 rings (SSSR count). The number of rotatable bonds is 4. The third kappa shape index (κ3) is 2.24. The Bertz CT molecular complexity index is 549. The molecule has 1 heterocycles. The second kappa shape index (κ2) is 5.32. The average molecular weight is 275 g/mol. The van der Waals surface area contributed by atoms with Gasteiger partial charge >= 0.3 is 6.03 Å². The Labute approximate surface area is 116 Å². The van der Waals surface area contributed by atoms with Crippen molar-refractivity contribution in [3.05, 3.63) is 29.8 Å². The van der Waals surface area contributed by atoms with E-state index in [2.05, 4.69) is 10.6 Å². The first-order valence-electron chi connectivity index (χ1n) is 6.53. The van der Waals surface area contributed by atoms with Gasteiger partial charge in [-0.25, -0.2) is 4.79 Å². The van der Waals surface area contributed by atoms with E-state index < -0.39 is 23.3 Å². The third-order valence-corrected chi connectivity index (χ3v) is 3.51. The van der Waals surface area contributed by atoms with E-state index in [4.69, 9.17) is 5.73 Å². The van der Waals surface area contributed by atoms with Gasteiger partial charge in [-0.2, -0.15) is 0 Å². The molecule has 1 aromatic rings. The van der Waals surface area contributed by atoms with Crippen molar-refractivity contribution in [3.8, 4) is 0 Å². The van der Waals surface area contributed by atoms with Crippen molar-refractivity contribution >= 4 is 23.5 Å². The molecule has 0 radical (unpaired) electrons. The normalized spacial score (nSPS) is 17.6. The Kier molecular flexibility index (Phi) is 3.74. The van der Waals surface area contributed by atoms with Crippen molar-refractivity contribution in [2.24, 2.45) is 0 Å². The van der Waals surface area contributed by atoms with Crippen LogP contribution in [-0.4, -0.2) is 17.8 Å². The molecular formula is C14H17N3O3. The largest absolute Gasteiger partial charge is 0.399 e. The number of nitrogens with one attached hydrogen (secondary N) is 2. The molecule has 1 aliphatic rings. The molecule has 1 aliphatic heterocycles. The van der Waals surface area contributed by atoms with Crippen LogP contribution in [0, 0.1) is 0 Å². The highest BCUT2D eigenvalue weighted by Crippen LogP contribution is 2.33. The van der Waals surface area contributed by atoms with E-state index in [1.54, 1.807) is 24.3 Å². The number of hydrogen-bond donors (Lipinski definition) is 3. The predicted molar refractivity (Wildman–Crippen MR) is 73.7 cm³/mol. The second-order valence-electron chi connectivity index (χ2n) is 4.87. The van der Waals surface area contributed by atoms with Crippen LogP contribution in [0.15, 0.2) is 24.3 Å². The van der Waals surface area contributed by atoms with Gasteiger partial charge < -0.3 is 5.73 Å². The van der Waals surface area contributed by atoms with Crippen LogP contribution in [0.1, 0.15) is 31.7 Å². The monoisotopic (exact) mass is 275 g/mol. The van der Waals surface area contributed by atoms with Crippen molar-refractivity contribution in [3.63, 3.8) is 0 Å². The van der Waals surface area contributed by atoms with Gasteiger partial charge in [-0.05, 0) is 24.1 Å². The number of nitrogens with two attached hydrogens (primary N) is 1. The predicted octanol–water partition coefficient (Wildman–Crippen LogP) is 1.06. The van der Waals surface area contributed by atoms with Gasteiger partial charge in [-0.3, -0.25) is 20.2 Å². The van der Waals surface area contributed by atoms with Crippen LogP contribution in [0.4, 0.5) is 10.5 Å². The van der Waals surface area contributed by atoms with E-state index in [0.29, 0.717) is 24.1 Å². The number of imide groups is 2. The van der Waals surface area contributed by atoms with Crippen LogP contribution < -0.4 is 16.4 Å². The maximum Gasteiger partial charge on any atom is 0.328 e. The minimum Gasteiger partial charge on any atom is -0.399 e. The smallest absolute Gasteiger partial charge is 0.328 e. The number of unbranched alkanes of at least 4 members (excludes halogenated alkanes) is 1. The zero-order valence-electron chi connectivity index (χ0n) is 11.2. The number of amides is 4. The van der Waals surface area contributed by atoms with Crippen LogP contribution in [0.3, 0.4) is 0 Å². The van der Waals surface area contributed by atoms with Crippen LogP contribution in [0.5, 0.6) is 0 Å². The summed E-state index contributed by atoms with van der Waals surface area (Å²) in [5.41, 5.74) is 5.33. The zero-order valence-corrected chi connectivity index (χ0v) is 11.2. The molecule has 20 heavy (non-hydrogen) atoms. The molecule has 4 N–H and O–H groups in total. The highest BCUT2D eigenvalue weighted by Gasteiger charge is 2.51. The van der Waals surface area contributed by atoms with Crippen molar-refractivity contribution in [1.29, 1.82) is 0 Å². The summed E-state index contributed by atoms with van der Waals surface area (Å²) in [6.07, 6.45) is 1.85. The Hall–Kier alpha value is -2.37. The Morgan fingerprint density at radius 2 is 1.80 bits per heavy atom. The zero-order chi connectivity index (χ0) is 14.8. The molecule has 1 fully saturated rings. The maximum atomic E-state index is 12.3. The van der Waals surface area contributed by atoms with Crippen LogP contribution in [0.25, 0.3) is 0 Å². The Balaban J connectivity index is 2.52. The second-order valence-corrected chi connectivity index (χ2v) is 4.87. The summed E-state index contributed by atoms with van der Waals surface area (Å²) in [6, 6.07) is 5.87. The summed E-state index contributed by atoms with van der Waals surface area (Å²) in [7, 11) is 0. The molecule has 0 atom stereocenters. The Morgan fingerprint density at radius 1 is 1.15 bits per heavy atom. The lowest BCUT2D eigenvalue weighted by Crippen LogP contribution is -2.64. The van der Waals surface area contributed by atoms with Gasteiger partial charge in [0, 0.05) is 5.69 Å². The van der Waals surface area contributed by atoms with E-state index in [1.807, 2.05) is 6.92 Å². The lowest BCUT2D eigenvalue weighted by Gasteiger charge is -2.34. The summed E-state index contributed by atoms with van der Waals surface area (Å²) in [4.78, 5) is 35.9. The summed E-state index contributed by atoms with van der Waals surface area (Å²) in [5.74, 6) is -1.18. The quantitative estimate of drug-likeness (QED) is 0.565. The van der Waals surface area contributed by atoms with Crippen molar-refractivity contribution in [1.82, 2.24) is 10.6 Å². The molecule has 6 nitrogen and oxygen atoms in total. The molecule has 1 saturated heterocycles. The number of nitrogen functional groups attached to an aromatic ring is 1. The topological polar surface area (TPSA) is 101 Å². The summed E-state index contributed by atoms with van der Waals surface area (Å²) in [6.45, 7) is 1.97. The molecule has 0 unspecified atom stereocenters. The van der Waals surface area contributed by atoms with Gasteiger partial charge in [-0.15, -0.1) is 0 Å². The highest BCUT2D eigenvalue weighted by atomic mass is 16.2. The fourth-order valence-electron chi connectivity index (χ4n) is 2.43. The molecule has 0 aliphatic carbocycles. The highest BCUT2D eigenvalue weighted by molar-refractivity contribution is 6.22. The molecule has 0 aromatic heterocycles. The molecule has 1 aromatic carbocycles. The standard InChI is InChI=1S/C14H17N3O3/c1-2-3-7-14(9-5-4-6-10(15)8-9)11(18)16-13(20)17-12(14)19/h4-6,8H,2-3,7,15H2,1H3,(H2,16,17,18,19,20).